The summed E-state index contributed by atoms with van der Waals surface area (Å²) in [4.78, 5) is 36.0. The molecule has 0 spiro atoms. The van der Waals surface area contributed by atoms with Gasteiger partial charge in [0.05, 0.1) is 11.3 Å². The molecule has 200 valence electrons. The van der Waals surface area contributed by atoms with E-state index in [9.17, 15) is 27.6 Å². The maximum Gasteiger partial charge on any atom is 0.418 e. The van der Waals surface area contributed by atoms with Gasteiger partial charge in [0.2, 0.25) is 5.91 Å². The maximum atomic E-state index is 13.0. The number of amides is 2. The summed E-state index contributed by atoms with van der Waals surface area (Å²) in [6.45, 7) is 3.22. The zero-order valence-electron chi connectivity index (χ0n) is 20.9. The van der Waals surface area contributed by atoms with Gasteiger partial charge in [-0.05, 0) is 79.9 Å². The SMILES string of the molecule is Cc1cc(C)cc(Oc2ccc(NC(=O)CCCC(=O)OCC(=O)Nc3ccccc3C(F)(F)F)cc2)c1. The van der Waals surface area contributed by atoms with Crippen molar-refractivity contribution >= 4 is 29.2 Å². The minimum Gasteiger partial charge on any atom is -0.457 e. The number of anilines is 2. The van der Waals surface area contributed by atoms with Crippen LogP contribution in [0.2, 0.25) is 0 Å². The van der Waals surface area contributed by atoms with Crippen LogP contribution < -0.4 is 15.4 Å². The first-order valence-corrected chi connectivity index (χ1v) is 11.8. The van der Waals surface area contributed by atoms with Crippen LogP contribution >= 0.6 is 0 Å². The van der Waals surface area contributed by atoms with E-state index < -0.39 is 35.9 Å². The third-order valence-corrected chi connectivity index (χ3v) is 5.22. The fourth-order valence-corrected chi connectivity index (χ4v) is 3.59. The lowest BCUT2D eigenvalue weighted by Gasteiger charge is -2.13. The highest BCUT2D eigenvalue weighted by Crippen LogP contribution is 2.34. The molecule has 38 heavy (non-hydrogen) atoms. The number of halogens is 3. The summed E-state index contributed by atoms with van der Waals surface area (Å²) in [7, 11) is 0. The van der Waals surface area contributed by atoms with E-state index in [4.69, 9.17) is 9.47 Å². The number of ether oxygens (including phenoxy) is 2. The number of esters is 1. The van der Waals surface area contributed by atoms with Gasteiger partial charge >= 0.3 is 12.1 Å². The molecule has 10 heteroatoms. The zero-order chi connectivity index (χ0) is 27.7. The van der Waals surface area contributed by atoms with E-state index in [1.807, 2.05) is 32.0 Å². The molecule has 3 aromatic rings. The predicted octanol–water partition coefficient (Wildman–Crippen LogP) is 6.41. The van der Waals surface area contributed by atoms with Crippen LogP contribution in [0.25, 0.3) is 0 Å². The number of aryl methyl sites for hydroxylation is 2. The first kappa shape index (κ1) is 28.2. The summed E-state index contributed by atoms with van der Waals surface area (Å²) < 4.78 is 49.7. The van der Waals surface area contributed by atoms with Crippen molar-refractivity contribution in [2.24, 2.45) is 0 Å². The van der Waals surface area contributed by atoms with Crippen molar-refractivity contribution in [3.63, 3.8) is 0 Å². The van der Waals surface area contributed by atoms with Crippen LogP contribution in [-0.2, 0) is 25.3 Å². The van der Waals surface area contributed by atoms with Gasteiger partial charge in [-0.2, -0.15) is 13.2 Å². The Morgan fingerprint density at radius 2 is 1.45 bits per heavy atom. The maximum absolute atomic E-state index is 13.0. The van der Waals surface area contributed by atoms with Crippen molar-refractivity contribution in [3.05, 3.63) is 83.4 Å². The Kier molecular flexibility index (Phi) is 9.48. The molecule has 0 atom stereocenters. The van der Waals surface area contributed by atoms with Crippen LogP contribution in [0.1, 0.15) is 36.0 Å². The number of para-hydroxylation sites is 1. The van der Waals surface area contributed by atoms with Gasteiger partial charge in [0, 0.05) is 18.5 Å². The Hall–Kier alpha value is -4.34. The summed E-state index contributed by atoms with van der Waals surface area (Å²) in [5.74, 6) is -0.638. The third-order valence-electron chi connectivity index (χ3n) is 5.22. The molecule has 3 aromatic carbocycles. The first-order valence-electron chi connectivity index (χ1n) is 11.8. The van der Waals surface area contributed by atoms with Gasteiger partial charge < -0.3 is 20.1 Å². The van der Waals surface area contributed by atoms with Crippen LogP contribution in [0.15, 0.2) is 66.7 Å². The summed E-state index contributed by atoms with van der Waals surface area (Å²) in [5.41, 5.74) is 1.29. The van der Waals surface area contributed by atoms with Crippen molar-refractivity contribution in [1.82, 2.24) is 0 Å². The highest BCUT2D eigenvalue weighted by Gasteiger charge is 2.33. The largest absolute Gasteiger partial charge is 0.457 e. The fraction of sp³-hybridized carbons (Fsp3) is 0.250. The summed E-state index contributed by atoms with van der Waals surface area (Å²) in [6, 6.07) is 17.2. The molecule has 0 saturated carbocycles. The Morgan fingerprint density at radius 3 is 2.11 bits per heavy atom. The van der Waals surface area contributed by atoms with Crippen molar-refractivity contribution in [2.45, 2.75) is 39.3 Å². The Balaban J connectivity index is 1.37. The molecule has 0 aromatic heterocycles. The van der Waals surface area contributed by atoms with Crippen LogP contribution in [-0.4, -0.2) is 24.4 Å². The van der Waals surface area contributed by atoms with Gasteiger partial charge in [0.1, 0.15) is 11.5 Å². The monoisotopic (exact) mass is 528 g/mol. The standard InChI is InChI=1S/C28H27F3N2O5/c1-18-14-19(2)16-22(15-18)38-21-12-10-20(11-13-21)32-25(34)8-5-9-27(36)37-17-26(35)33-24-7-4-3-6-23(24)28(29,30)31/h3-4,6-7,10-16H,5,8-9,17H2,1-2H3,(H,32,34)(H,33,35). The van der Waals surface area contributed by atoms with Crippen molar-refractivity contribution in [1.29, 1.82) is 0 Å². The number of hydrogen-bond donors (Lipinski definition) is 2. The first-order chi connectivity index (χ1) is 18.0. The molecule has 0 aliphatic rings. The molecule has 3 rings (SSSR count). The van der Waals surface area contributed by atoms with E-state index >= 15 is 0 Å². The number of rotatable bonds is 10. The molecule has 2 amide bonds. The van der Waals surface area contributed by atoms with Gasteiger partial charge in [0.15, 0.2) is 6.61 Å². The van der Waals surface area contributed by atoms with Crippen molar-refractivity contribution < 1.29 is 37.0 Å². The van der Waals surface area contributed by atoms with E-state index in [2.05, 4.69) is 10.6 Å². The van der Waals surface area contributed by atoms with Crippen LogP contribution in [0.3, 0.4) is 0 Å². The lowest BCUT2D eigenvalue weighted by molar-refractivity contribution is -0.147. The molecule has 0 aliphatic heterocycles. The summed E-state index contributed by atoms with van der Waals surface area (Å²) >= 11 is 0. The Labute approximate surface area is 218 Å². The molecule has 0 fully saturated rings. The second-order valence-corrected chi connectivity index (χ2v) is 8.60. The lowest BCUT2D eigenvalue weighted by Crippen LogP contribution is -2.22. The minimum absolute atomic E-state index is 0.0288. The number of alkyl halides is 3. The van der Waals surface area contributed by atoms with E-state index in [0.717, 1.165) is 29.0 Å². The van der Waals surface area contributed by atoms with E-state index in [-0.39, 0.29) is 25.2 Å². The molecule has 2 N–H and O–H groups in total. The van der Waals surface area contributed by atoms with Gasteiger partial charge in [0.25, 0.3) is 5.91 Å². The second-order valence-electron chi connectivity index (χ2n) is 8.60. The molecular weight excluding hydrogens is 501 g/mol. The third kappa shape index (κ3) is 8.95. The quantitative estimate of drug-likeness (QED) is 0.297. The van der Waals surface area contributed by atoms with E-state index in [0.29, 0.717) is 11.4 Å². The van der Waals surface area contributed by atoms with Crippen LogP contribution in [0.4, 0.5) is 24.5 Å². The molecular formula is C28H27F3N2O5. The molecule has 0 saturated heterocycles. The van der Waals surface area contributed by atoms with Gasteiger partial charge in [-0.15, -0.1) is 0 Å². The number of nitrogens with one attached hydrogen (secondary N) is 2. The number of benzene rings is 3. The number of hydrogen-bond acceptors (Lipinski definition) is 5. The van der Waals surface area contributed by atoms with Crippen molar-refractivity contribution in [2.75, 3.05) is 17.2 Å². The minimum atomic E-state index is -4.64. The normalized spacial score (nSPS) is 11.0. The topological polar surface area (TPSA) is 93.7 Å². The van der Waals surface area contributed by atoms with E-state index in [1.54, 1.807) is 24.3 Å². The fourth-order valence-electron chi connectivity index (χ4n) is 3.59. The number of carbonyl (C=O) groups is 3. The smallest absolute Gasteiger partial charge is 0.418 e. The highest BCUT2D eigenvalue weighted by atomic mass is 19.4. The Morgan fingerprint density at radius 1 is 0.789 bits per heavy atom. The summed E-state index contributed by atoms with van der Waals surface area (Å²) in [6.07, 6.45) is -4.59. The van der Waals surface area contributed by atoms with Crippen LogP contribution in [0.5, 0.6) is 11.5 Å². The average Bonchev–Trinajstić information content (AvgIpc) is 2.83. The molecule has 0 aliphatic carbocycles. The van der Waals surface area contributed by atoms with Gasteiger partial charge in [-0.25, -0.2) is 0 Å². The van der Waals surface area contributed by atoms with Gasteiger partial charge in [-0.3, -0.25) is 14.4 Å². The van der Waals surface area contributed by atoms with Crippen LogP contribution in [0, 0.1) is 13.8 Å². The zero-order valence-corrected chi connectivity index (χ0v) is 20.9. The lowest BCUT2D eigenvalue weighted by atomic mass is 10.1. The van der Waals surface area contributed by atoms with E-state index in [1.165, 1.54) is 12.1 Å². The molecule has 0 unspecified atom stereocenters. The summed E-state index contributed by atoms with van der Waals surface area (Å²) in [5, 5.41) is 4.80. The predicted molar refractivity (Wildman–Crippen MR) is 136 cm³/mol. The Bertz CT molecular complexity index is 1270. The molecule has 0 bridgehead atoms. The highest BCUT2D eigenvalue weighted by molar-refractivity contribution is 5.94. The second kappa shape index (κ2) is 12.8. The molecule has 0 heterocycles. The molecule has 7 nitrogen and oxygen atoms in total. The van der Waals surface area contributed by atoms with Crippen molar-refractivity contribution in [3.8, 4) is 11.5 Å². The van der Waals surface area contributed by atoms with Gasteiger partial charge in [-0.1, -0.05) is 18.2 Å². The number of carbonyl (C=O) groups excluding carboxylic acids is 3. The average molecular weight is 529 g/mol. The molecule has 0 radical (unpaired) electrons.